The van der Waals surface area contributed by atoms with Gasteiger partial charge in [-0.3, -0.25) is 0 Å². The van der Waals surface area contributed by atoms with Crippen LogP contribution < -0.4 is 0 Å². The lowest BCUT2D eigenvalue weighted by Gasteiger charge is -2.23. The average molecular weight is 211 g/mol. The molecule has 0 fully saturated rings. The number of halogens is 1. The van der Waals surface area contributed by atoms with Crippen molar-refractivity contribution in [2.24, 2.45) is 0 Å². The molecule has 0 amide bonds. The fourth-order valence-electron chi connectivity index (χ4n) is 2.09. The number of rotatable bonds is 0. The molecule has 1 heteroatoms. The second-order valence-corrected chi connectivity index (χ2v) is 4.01. The van der Waals surface area contributed by atoms with Crippen LogP contribution in [0.3, 0.4) is 0 Å². The van der Waals surface area contributed by atoms with Crippen LogP contribution in [0.5, 0.6) is 0 Å². The van der Waals surface area contributed by atoms with Gasteiger partial charge in [-0.25, -0.2) is 0 Å². The van der Waals surface area contributed by atoms with Crippen molar-refractivity contribution in [3.05, 3.63) is 34.3 Å². The van der Waals surface area contributed by atoms with E-state index in [1.807, 2.05) is 19.9 Å². The Balaban J connectivity index is 0.000000461. The predicted octanol–water partition coefficient (Wildman–Crippen LogP) is 4.81. The van der Waals surface area contributed by atoms with E-state index in [9.17, 15) is 0 Å². The van der Waals surface area contributed by atoms with Gasteiger partial charge in [0.1, 0.15) is 0 Å². The molecular formula is C13H19Cl. The van der Waals surface area contributed by atoms with E-state index in [1.54, 1.807) is 0 Å². The van der Waals surface area contributed by atoms with Gasteiger partial charge in [0.2, 0.25) is 0 Å². The van der Waals surface area contributed by atoms with Crippen molar-refractivity contribution in [2.45, 2.75) is 46.0 Å². The molecule has 0 heterocycles. The summed E-state index contributed by atoms with van der Waals surface area (Å²) in [7, 11) is 0. The lowest BCUT2D eigenvalue weighted by atomic mass is 9.84. The molecule has 78 valence electrons. The van der Waals surface area contributed by atoms with Gasteiger partial charge in [-0.15, -0.1) is 0 Å². The van der Waals surface area contributed by atoms with Gasteiger partial charge in [0.05, 0.1) is 0 Å². The molecule has 0 nitrogen and oxygen atoms in total. The maximum Gasteiger partial charge on any atom is 0.0443 e. The molecule has 0 saturated heterocycles. The molecule has 0 bridgehead atoms. The van der Waals surface area contributed by atoms with E-state index >= 15 is 0 Å². The van der Waals surface area contributed by atoms with Crippen molar-refractivity contribution in [3.63, 3.8) is 0 Å². The monoisotopic (exact) mass is 210 g/mol. The number of benzene rings is 1. The topological polar surface area (TPSA) is 0 Å². The van der Waals surface area contributed by atoms with E-state index < -0.39 is 0 Å². The molecule has 1 aliphatic rings. The van der Waals surface area contributed by atoms with Crippen molar-refractivity contribution >= 4 is 11.6 Å². The Kier molecular flexibility index (Phi) is 4.47. The Morgan fingerprint density at radius 1 is 1.29 bits per heavy atom. The van der Waals surface area contributed by atoms with Gasteiger partial charge < -0.3 is 0 Å². The van der Waals surface area contributed by atoms with Crippen molar-refractivity contribution in [1.82, 2.24) is 0 Å². The van der Waals surface area contributed by atoms with E-state index in [-0.39, 0.29) is 0 Å². The quantitative estimate of drug-likeness (QED) is 0.577. The summed E-state index contributed by atoms with van der Waals surface area (Å²) in [5.41, 5.74) is 2.85. The molecule has 0 N–H and O–H groups in total. The minimum absolute atomic E-state index is 0.655. The van der Waals surface area contributed by atoms with Crippen LogP contribution in [-0.4, -0.2) is 0 Å². The Bertz CT molecular complexity index is 291. The predicted molar refractivity (Wildman–Crippen MR) is 64.2 cm³/mol. The first-order valence-electron chi connectivity index (χ1n) is 5.56. The van der Waals surface area contributed by atoms with Crippen molar-refractivity contribution in [1.29, 1.82) is 0 Å². The maximum absolute atomic E-state index is 6.14. The zero-order chi connectivity index (χ0) is 10.6. The zero-order valence-electron chi connectivity index (χ0n) is 9.31. The molecule has 1 unspecified atom stereocenters. The first-order valence-corrected chi connectivity index (χ1v) is 5.94. The third kappa shape index (κ3) is 2.30. The number of hydrogen-bond donors (Lipinski definition) is 0. The summed E-state index contributed by atoms with van der Waals surface area (Å²) in [4.78, 5) is 0. The summed E-state index contributed by atoms with van der Waals surface area (Å²) < 4.78 is 0. The molecular weight excluding hydrogens is 192 g/mol. The molecule has 14 heavy (non-hydrogen) atoms. The molecule has 1 aromatic rings. The maximum atomic E-state index is 6.14. The van der Waals surface area contributed by atoms with Gasteiger partial charge in [-0.05, 0) is 42.4 Å². The van der Waals surface area contributed by atoms with Crippen LogP contribution in [0.1, 0.15) is 50.7 Å². The normalized spacial score (nSPS) is 19.3. The summed E-state index contributed by atoms with van der Waals surface area (Å²) in [6, 6.07) is 6.26. The first kappa shape index (κ1) is 11.6. The highest BCUT2D eigenvalue weighted by molar-refractivity contribution is 6.31. The zero-order valence-corrected chi connectivity index (χ0v) is 10.1. The van der Waals surface area contributed by atoms with Gasteiger partial charge in [-0.2, -0.15) is 0 Å². The largest absolute Gasteiger partial charge is 0.0840 e. The minimum atomic E-state index is 0.655. The molecule has 0 radical (unpaired) electrons. The molecule has 0 aliphatic heterocycles. The summed E-state index contributed by atoms with van der Waals surface area (Å²) in [5, 5.41) is 0.958. The van der Waals surface area contributed by atoms with Crippen molar-refractivity contribution in [3.8, 4) is 0 Å². The van der Waals surface area contributed by atoms with Gasteiger partial charge in [0.25, 0.3) is 0 Å². The second kappa shape index (κ2) is 5.41. The van der Waals surface area contributed by atoms with Crippen LogP contribution >= 0.6 is 11.6 Å². The summed E-state index contributed by atoms with van der Waals surface area (Å²) in [6.07, 6.45) is 3.81. The molecule has 1 aliphatic carbocycles. The van der Waals surface area contributed by atoms with E-state index in [1.165, 1.54) is 30.4 Å². The summed E-state index contributed by atoms with van der Waals surface area (Å²) in [5.74, 6) is 0.655. The molecule has 1 aromatic carbocycles. The first-order chi connectivity index (χ1) is 6.79. The smallest absolute Gasteiger partial charge is 0.0443 e. The van der Waals surface area contributed by atoms with Crippen LogP contribution in [0.15, 0.2) is 18.2 Å². The van der Waals surface area contributed by atoms with Gasteiger partial charge in [0.15, 0.2) is 0 Å². The second-order valence-electron chi connectivity index (χ2n) is 3.61. The highest BCUT2D eigenvalue weighted by Crippen LogP contribution is 2.35. The highest BCUT2D eigenvalue weighted by Gasteiger charge is 2.18. The Hall–Kier alpha value is -0.490. The number of aryl methyl sites for hydroxylation is 1. The summed E-state index contributed by atoms with van der Waals surface area (Å²) in [6.45, 7) is 6.27. The van der Waals surface area contributed by atoms with Gasteiger partial charge in [0, 0.05) is 5.02 Å². The SMILES string of the molecule is CC.CC1CCCc2cccc(Cl)c21. The fraction of sp³-hybridized carbons (Fsp3) is 0.538. The lowest BCUT2D eigenvalue weighted by molar-refractivity contribution is 0.590. The lowest BCUT2D eigenvalue weighted by Crippen LogP contribution is -2.07. The van der Waals surface area contributed by atoms with E-state index in [2.05, 4.69) is 19.1 Å². The van der Waals surface area contributed by atoms with Gasteiger partial charge >= 0.3 is 0 Å². The highest BCUT2D eigenvalue weighted by atomic mass is 35.5. The number of fused-ring (bicyclic) bond motifs is 1. The minimum Gasteiger partial charge on any atom is -0.0840 e. The molecule has 0 aromatic heterocycles. The van der Waals surface area contributed by atoms with Gasteiger partial charge in [-0.1, -0.05) is 44.5 Å². The Morgan fingerprint density at radius 3 is 2.64 bits per heavy atom. The number of hydrogen-bond acceptors (Lipinski definition) is 0. The Labute approximate surface area is 92.3 Å². The van der Waals surface area contributed by atoms with Crippen LogP contribution in [0, 0.1) is 0 Å². The molecule has 0 saturated carbocycles. The van der Waals surface area contributed by atoms with Crippen molar-refractivity contribution in [2.75, 3.05) is 0 Å². The average Bonchev–Trinajstić information content (AvgIpc) is 2.21. The fourth-order valence-corrected chi connectivity index (χ4v) is 2.47. The van der Waals surface area contributed by atoms with Crippen LogP contribution in [0.4, 0.5) is 0 Å². The van der Waals surface area contributed by atoms with Crippen LogP contribution in [0.2, 0.25) is 5.02 Å². The standard InChI is InChI=1S/C11H13Cl.C2H6/c1-8-4-2-5-9-6-3-7-10(12)11(8)9;1-2/h3,6-8H,2,4-5H2,1H3;1-2H3. The molecule has 2 rings (SSSR count). The molecule has 1 atom stereocenters. The van der Waals surface area contributed by atoms with E-state index in [0.29, 0.717) is 5.92 Å². The van der Waals surface area contributed by atoms with E-state index in [0.717, 1.165) is 5.02 Å². The third-order valence-electron chi connectivity index (χ3n) is 2.72. The summed E-state index contributed by atoms with van der Waals surface area (Å²) >= 11 is 6.14. The Morgan fingerprint density at radius 2 is 2.00 bits per heavy atom. The van der Waals surface area contributed by atoms with E-state index in [4.69, 9.17) is 11.6 Å². The molecule has 0 spiro atoms. The van der Waals surface area contributed by atoms with Crippen molar-refractivity contribution < 1.29 is 0 Å². The van der Waals surface area contributed by atoms with Crippen LogP contribution in [-0.2, 0) is 6.42 Å². The third-order valence-corrected chi connectivity index (χ3v) is 3.05. The van der Waals surface area contributed by atoms with Crippen LogP contribution in [0.25, 0.3) is 0 Å².